The minimum atomic E-state index is -1.04. The van der Waals surface area contributed by atoms with Gasteiger partial charge in [-0.3, -0.25) is 4.90 Å². The van der Waals surface area contributed by atoms with Gasteiger partial charge in [0.05, 0.1) is 12.6 Å². The van der Waals surface area contributed by atoms with E-state index in [1.807, 2.05) is 0 Å². The van der Waals surface area contributed by atoms with Gasteiger partial charge in [-0.2, -0.15) is 0 Å². The molecule has 0 bridgehead atoms. The lowest BCUT2D eigenvalue weighted by atomic mass is 10.0. The van der Waals surface area contributed by atoms with Gasteiger partial charge in [-0.1, -0.05) is 0 Å². The van der Waals surface area contributed by atoms with Gasteiger partial charge in [0.1, 0.15) is 5.60 Å². The molecule has 7 nitrogen and oxygen atoms in total. The molecule has 0 aromatic heterocycles. The Bertz CT molecular complexity index is 385. The summed E-state index contributed by atoms with van der Waals surface area (Å²) >= 11 is 0. The zero-order valence-corrected chi connectivity index (χ0v) is 15.2. The van der Waals surface area contributed by atoms with Crippen LogP contribution in [0, 0.1) is 0 Å². The molecular weight excluding hydrogens is 300 g/mol. The van der Waals surface area contributed by atoms with E-state index in [9.17, 15) is 19.8 Å². The van der Waals surface area contributed by atoms with Crippen molar-refractivity contribution in [3.63, 3.8) is 0 Å². The number of aliphatic hydroxyl groups excluding tert-OH is 1. The summed E-state index contributed by atoms with van der Waals surface area (Å²) < 4.78 is 5.12. The predicted molar refractivity (Wildman–Crippen MR) is 88.6 cm³/mol. The smallest absolute Gasteiger partial charge is 0.408 e. The van der Waals surface area contributed by atoms with E-state index in [0.29, 0.717) is 25.8 Å². The van der Waals surface area contributed by atoms with Crippen LogP contribution >= 0.6 is 0 Å². The van der Waals surface area contributed by atoms with Crippen molar-refractivity contribution < 1.29 is 24.5 Å². The van der Waals surface area contributed by atoms with Crippen LogP contribution < -0.4 is 5.32 Å². The average molecular weight is 332 g/mol. The number of carboxylic acid groups (broad SMARTS) is 1. The van der Waals surface area contributed by atoms with Crippen LogP contribution in [0.25, 0.3) is 0 Å². The highest BCUT2D eigenvalue weighted by Crippen LogP contribution is 2.20. The van der Waals surface area contributed by atoms with Crippen molar-refractivity contribution in [3.8, 4) is 0 Å². The zero-order chi connectivity index (χ0) is 18.3. The molecule has 0 aromatic carbocycles. The number of alkyl carbamates (subject to hydrolysis) is 1. The normalized spacial score (nSPS) is 13.3. The molecule has 0 radical (unpaired) electrons. The number of carbonyl (C=O) groups is 2. The van der Waals surface area contributed by atoms with Gasteiger partial charge >= 0.3 is 12.2 Å². The predicted octanol–water partition coefficient (Wildman–Crippen LogP) is 2.82. The van der Waals surface area contributed by atoms with E-state index in [-0.39, 0.29) is 6.61 Å². The van der Waals surface area contributed by atoms with Crippen LogP contribution in [0.1, 0.15) is 60.8 Å². The lowest BCUT2D eigenvalue weighted by Gasteiger charge is -2.39. The molecule has 136 valence electrons. The number of rotatable bonds is 7. The summed E-state index contributed by atoms with van der Waals surface area (Å²) in [7, 11) is 0. The van der Waals surface area contributed by atoms with Gasteiger partial charge in [-0.25, -0.2) is 9.59 Å². The molecule has 3 N–H and O–H groups in total. The number of hydrogen-bond donors (Lipinski definition) is 3. The van der Waals surface area contributed by atoms with Crippen molar-refractivity contribution in [3.05, 3.63) is 0 Å². The first-order chi connectivity index (χ1) is 10.4. The molecule has 0 aliphatic rings. The van der Waals surface area contributed by atoms with E-state index >= 15 is 0 Å². The monoisotopic (exact) mass is 332 g/mol. The second-order valence-electron chi connectivity index (χ2n) is 7.58. The minimum Gasteiger partial charge on any atom is -0.465 e. The molecule has 0 aliphatic heterocycles. The molecule has 0 aromatic rings. The van der Waals surface area contributed by atoms with Gasteiger partial charge in [0, 0.05) is 12.1 Å². The highest BCUT2D eigenvalue weighted by Gasteiger charge is 2.32. The van der Waals surface area contributed by atoms with Gasteiger partial charge in [0.2, 0.25) is 0 Å². The molecule has 23 heavy (non-hydrogen) atoms. The van der Waals surface area contributed by atoms with Gasteiger partial charge in [0.15, 0.2) is 0 Å². The van der Waals surface area contributed by atoms with Crippen LogP contribution in [0.15, 0.2) is 0 Å². The van der Waals surface area contributed by atoms with E-state index in [1.54, 1.807) is 41.5 Å². The first-order valence-corrected chi connectivity index (χ1v) is 7.98. The molecular formula is C16H32N2O5. The summed E-state index contributed by atoms with van der Waals surface area (Å²) in [6.07, 6.45) is 0.422. The van der Waals surface area contributed by atoms with Crippen molar-refractivity contribution in [2.45, 2.75) is 78.0 Å². The quantitative estimate of drug-likeness (QED) is 0.623. The molecule has 7 heteroatoms. The Balaban J connectivity index is 4.23. The number of ether oxygens (including phenoxy) is 1. The maximum absolute atomic E-state index is 11.5. The highest BCUT2D eigenvalue weighted by atomic mass is 16.6. The van der Waals surface area contributed by atoms with Crippen molar-refractivity contribution >= 4 is 12.2 Å². The Morgan fingerprint density at radius 1 is 1.13 bits per heavy atom. The molecule has 0 aliphatic carbocycles. The molecule has 0 rings (SSSR count). The molecule has 0 fully saturated rings. The Morgan fingerprint density at radius 2 is 1.70 bits per heavy atom. The van der Waals surface area contributed by atoms with E-state index < -0.39 is 29.4 Å². The topological polar surface area (TPSA) is 99.1 Å². The number of carbonyl (C=O) groups excluding carboxylic acids is 1. The van der Waals surface area contributed by atoms with Gasteiger partial charge in [0.25, 0.3) is 0 Å². The fraction of sp³-hybridized carbons (Fsp3) is 0.875. The van der Waals surface area contributed by atoms with Crippen molar-refractivity contribution in [2.24, 2.45) is 0 Å². The molecule has 2 amide bonds. The highest BCUT2D eigenvalue weighted by molar-refractivity contribution is 5.67. The van der Waals surface area contributed by atoms with Gasteiger partial charge in [-0.05, 0) is 60.8 Å². The Hall–Kier alpha value is -1.50. The number of nitrogens with zero attached hydrogens (tertiary/aromatic N) is 1. The lowest BCUT2D eigenvalue weighted by molar-refractivity contribution is 0.0421. The second kappa shape index (κ2) is 8.96. The van der Waals surface area contributed by atoms with Crippen LogP contribution in [0.2, 0.25) is 0 Å². The summed E-state index contributed by atoms with van der Waals surface area (Å²) in [5.74, 6) is 0. The SMILES string of the molecule is CC(C)(C)OC(=O)NCCCC[C@@H](CO)N(C(=O)O)C(C)(C)C. The van der Waals surface area contributed by atoms with Crippen molar-refractivity contribution in [2.75, 3.05) is 13.2 Å². The third kappa shape index (κ3) is 9.28. The molecule has 0 saturated carbocycles. The Labute approximate surface area is 139 Å². The molecule has 0 spiro atoms. The average Bonchev–Trinajstić information content (AvgIpc) is 2.32. The van der Waals surface area contributed by atoms with Crippen molar-refractivity contribution in [1.82, 2.24) is 10.2 Å². The first-order valence-electron chi connectivity index (χ1n) is 7.98. The van der Waals surface area contributed by atoms with Crippen molar-refractivity contribution in [1.29, 1.82) is 0 Å². The van der Waals surface area contributed by atoms with Gasteiger partial charge in [-0.15, -0.1) is 0 Å². The van der Waals surface area contributed by atoms with Crippen LogP contribution in [-0.4, -0.2) is 57.6 Å². The molecule has 0 saturated heterocycles. The fourth-order valence-corrected chi connectivity index (χ4v) is 2.30. The largest absolute Gasteiger partial charge is 0.465 e. The van der Waals surface area contributed by atoms with Gasteiger partial charge < -0.3 is 20.3 Å². The van der Waals surface area contributed by atoms with Crippen LogP contribution in [0.4, 0.5) is 9.59 Å². The molecule has 1 atom stereocenters. The zero-order valence-electron chi connectivity index (χ0n) is 15.2. The standard InChI is InChI=1S/C16H32N2O5/c1-15(2,3)18(14(21)22)12(11-19)9-7-8-10-17-13(20)23-16(4,5)6/h12,19H,7-11H2,1-6H3,(H,17,20)(H,21,22)/t12-/m0/s1. The van der Waals surface area contributed by atoms with E-state index in [2.05, 4.69) is 5.32 Å². The number of nitrogens with one attached hydrogen (secondary N) is 1. The van der Waals surface area contributed by atoms with E-state index in [0.717, 1.165) is 0 Å². The summed E-state index contributed by atoms with van der Waals surface area (Å²) in [5, 5.41) is 21.5. The number of aliphatic hydroxyl groups is 1. The fourth-order valence-electron chi connectivity index (χ4n) is 2.30. The van der Waals surface area contributed by atoms with Crippen LogP contribution in [0.5, 0.6) is 0 Å². The summed E-state index contributed by atoms with van der Waals surface area (Å²) in [4.78, 5) is 24.2. The maximum Gasteiger partial charge on any atom is 0.408 e. The van der Waals surface area contributed by atoms with Crippen LogP contribution in [-0.2, 0) is 4.74 Å². The molecule has 0 unspecified atom stereocenters. The Kier molecular flexibility index (Phi) is 8.37. The number of unbranched alkanes of at least 4 members (excludes halogenated alkanes) is 1. The Morgan fingerprint density at radius 3 is 2.09 bits per heavy atom. The minimum absolute atomic E-state index is 0.219. The van der Waals surface area contributed by atoms with Crippen LogP contribution in [0.3, 0.4) is 0 Å². The third-order valence-corrected chi connectivity index (χ3v) is 3.14. The molecule has 0 heterocycles. The summed E-state index contributed by atoms with van der Waals surface area (Å²) in [6.45, 7) is 11.0. The number of hydrogen-bond acceptors (Lipinski definition) is 4. The second-order valence-corrected chi connectivity index (χ2v) is 7.58. The first kappa shape index (κ1) is 21.5. The number of amides is 2. The summed E-state index contributed by atoms with van der Waals surface area (Å²) in [5.41, 5.74) is -1.10. The van der Waals surface area contributed by atoms with E-state index in [4.69, 9.17) is 4.74 Å². The third-order valence-electron chi connectivity index (χ3n) is 3.14. The lowest BCUT2D eigenvalue weighted by Crippen LogP contribution is -2.52. The summed E-state index contributed by atoms with van der Waals surface area (Å²) in [6, 6.07) is -0.450. The maximum atomic E-state index is 11.5. The van der Waals surface area contributed by atoms with E-state index in [1.165, 1.54) is 4.90 Å².